The van der Waals surface area contributed by atoms with Gasteiger partial charge >= 0.3 is 0 Å². The minimum atomic E-state index is -1.64. The minimum Gasteiger partial charge on any atom is -0.301 e. The average Bonchev–Trinajstić information content (AvgIpc) is 2.67. The maximum Gasteiger partial charge on any atom is 0.193 e. The summed E-state index contributed by atoms with van der Waals surface area (Å²) in [5, 5.41) is 38.3. The van der Waals surface area contributed by atoms with E-state index in [1.54, 1.807) is 0 Å². The van der Waals surface area contributed by atoms with Gasteiger partial charge in [-0.15, -0.1) is 0 Å². The van der Waals surface area contributed by atoms with Crippen LogP contribution in [0.1, 0.15) is 37.3 Å². The van der Waals surface area contributed by atoms with Crippen molar-refractivity contribution >= 4 is 5.71 Å². The molecule has 1 aliphatic heterocycles. The van der Waals surface area contributed by atoms with E-state index in [0.717, 1.165) is 23.2 Å². The molecular formula is C22H23N5. The Morgan fingerprint density at radius 1 is 1.15 bits per heavy atom. The standard InChI is InChI=1S/C22H23N5/c1-14(2)27-9-8-17-18(10-23)21(26)22(12-24,13-25)20(19(17)11-27)16-6-4-15(3)5-7-16/h4-7,14,19-20,26H,8-9,11H2,1-3H3. The van der Waals surface area contributed by atoms with Crippen LogP contribution < -0.4 is 0 Å². The molecule has 0 bridgehead atoms. The number of nitrogens with one attached hydrogen (secondary N) is 1. The van der Waals surface area contributed by atoms with Crippen molar-refractivity contribution in [2.24, 2.45) is 11.3 Å². The molecule has 1 N–H and O–H groups in total. The van der Waals surface area contributed by atoms with E-state index < -0.39 is 11.3 Å². The number of hydrogen-bond acceptors (Lipinski definition) is 5. The first kappa shape index (κ1) is 18.8. The predicted octanol–water partition coefficient (Wildman–Crippen LogP) is 3.70. The molecule has 0 amide bonds. The second-order valence-electron chi connectivity index (χ2n) is 7.75. The summed E-state index contributed by atoms with van der Waals surface area (Å²) in [5.74, 6) is -0.568. The molecule has 2 atom stereocenters. The maximum atomic E-state index is 10.0. The molecule has 1 aromatic rings. The lowest BCUT2D eigenvalue weighted by molar-refractivity contribution is 0.148. The number of fused-ring (bicyclic) bond motifs is 1. The van der Waals surface area contributed by atoms with Crippen LogP contribution in [-0.2, 0) is 0 Å². The fourth-order valence-corrected chi connectivity index (χ4v) is 4.46. The maximum absolute atomic E-state index is 10.0. The number of nitriles is 3. The predicted molar refractivity (Wildman–Crippen MR) is 103 cm³/mol. The summed E-state index contributed by atoms with van der Waals surface area (Å²) in [6, 6.07) is 14.6. The quantitative estimate of drug-likeness (QED) is 0.872. The van der Waals surface area contributed by atoms with Gasteiger partial charge in [0.15, 0.2) is 5.41 Å². The molecule has 0 radical (unpaired) electrons. The van der Waals surface area contributed by atoms with Gasteiger partial charge in [0.05, 0.1) is 23.4 Å². The molecule has 1 saturated heterocycles. The Bertz CT molecular complexity index is 903. The highest BCUT2D eigenvalue weighted by Crippen LogP contribution is 2.52. The summed E-state index contributed by atoms with van der Waals surface area (Å²) in [5.41, 5.74) is 1.39. The molecule has 3 rings (SSSR count). The molecule has 2 unspecified atom stereocenters. The average molecular weight is 357 g/mol. The lowest BCUT2D eigenvalue weighted by atomic mass is 9.56. The fourth-order valence-electron chi connectivity index (χ4n) is 4.46. The molecule has 136 valence electrons. The van der Waals surface area contributed by atoms with Crippen molar-refractivity contribution in [1.82, 2.24) is 4.90 Å². The second kappa shape index (κ2) is 6.99. The summed E-state index contributed by atoms with van der Waals surface area (Å²) in [6.07, 6.45) is 0.698. The second-order valence-corrected chi connectivity index (χ2v) is 7.75. The molecule has 0 spiro atoms. The molecule has 1 heterocycles. The van der Waals surface area contributed by atoms with Gasteiger partial charge in [0.25, 0.3) is 0 Å². The highest BCUT2D eigenvalue weighted by Gasteiger charge is 2.55. The van der Waals surface area contributed by atoms with E-state index in [4.69, 9.17) is 5.41 Å². The first-order valence-corrected chi connectivity index (χ1v) is 9.25. The van der Waals surface area contributed by atoms with Gasteiger partial charge in [-0.1, -0.05) is 29.8 Å². The van der Waals surface area contributed by atoms with Crippen molar-refractivity contribution < 1.29 is 0 Å². The molecule has 5 heteroatoms. The number of likely N-dealkylation sites (tertiary alicyclic amines) is 1. The van der Waals surface area contributed by atoms with Gasteiger partial charge in [-0.05, 0) is 38.3 Å². The van der Waals surface area contributed by atoms with Crippen LogP contribution in [0.4, 0.5) is 0 Å². The van der Waals surface area contributed by atoms with Gasteiger partial charge in [-0.25, -0.2) is 0 Å². The van der Waals surface area contributed by atoms with Crippen molar-refractivity contribution in [1.29, 1.82) is 21.2 Å². The summed E-state index contributed by atoms with van der Waals surface area (Å²) >= 11 is 0. The molecule has 1 fully saturated rings. The molecule has 1 aromatic carbocycles. The molecule has 27 heavy (non-hydrogen) atoms. The van der Waals surface area contributed by atoms with E-state index in [1.165, 1.54) is 0 Å². The van der Waals surface area contributed by atoms with Crippen LogP contribution >= 0.6 is 0 Å². The zero-order valence-electron chi connectivity index (χ0n) is 16.0. The van der Waals surface area contributed by atoms with Crippen LogP contribution in [0, 0.1) is 57.7 Å². The van der Waals surface area contributed by atoms with Crippen molar-refractivity contribution in [3.05, 3.63) is 46.5 Å². The zero-order valence-corrected chi connectivity index (χ0v) is 16.0. The van der Waals surface area contributed by atoms with E-state index in [-0.39, 0.29) is 17.2 Å². The minimum absolute atomic E-state index is 0.119. The molecule has 0 saturated carbocycles. The Morgan fingerprint density at radius 2 is 1.78 bits per heavy atom. The zero-order chi connectivity index (χ0) is 19.8. The first-order chi connectivity index (χ1) is 12.9. The van der Waals surface area contributed by atoms with Crippen molar-refractivity contribution in [2.75, 3.05) is 13.1 Å². The third-order valence-electron chi connectivity index (χ3n) is 6.01. The number of piperidine rings is 1. The van der Waals surface area contributed by atoms with Crippen LogP contribution in [0.5, 0.6) is 0 Å². The van der Waals surface area contributed by atoms with Crippen molar-refractivity contribution in [3.63, 3.8) is 0 Å². The molecular weight excluding hydrogens is 334 g/mol. The summed E-state index contributed by atoms with van der Waals surface area (Å²) < 4.78 is 0. The van der Waals surface area contributed by atoms with Crippen molar-refractivity contribution in [2.45, 2.75) is 39.2 Å². The van der Waals surface area contributed by atoms with Crippen molar-refractivity contribution in [3.8, 4) is 18.2 Å². The van der Waals surface area contributed by atoms with E-state index in [1.807, 2.05) is 31.2 Å². The Hall–Kier alpha value is -2.94. The van der Waals surface area contributed by atoms with Crippen LogP contribution in [0.15, 0.2) is 35.4 Å². The highest BCUT2D eigenvalue weighted by molar-refractivity contribution is 6.11. The van der Waals surface area contributed by atoms with E-state index in [9.17, 15) is 15.8 Å². The topological polar surface area (TPSA) is 98.5 Å². The van der Waals surface area contributed by atoms with Crippen LogP contribution in [-0.4, -0.2) is 29.7 Å². The fraction of sp³-hybridized carbons (Fsp3) is 0.455. The monoisotopic (exact) mass is 357 g/mol. The molecule has 5 nitrogen and oxygen atoms in total. The van der Waals surface area contributed by atoms with E-state index in [0.29, 0.717) is 19.0 Å². The summed E-state index contributed by atoms with van der Waals surface area (Å²) in [6.45, 7) is 7.78. The van der Waals surface area contributed by atoms with Gasteiger partial charge in [0.2, 0.25) is 0 Å². The third kappa shape index (κ3) is 2.84. The Kier molecular flexibility index (Phi) is 4.88. The lowest BCUT2D eigenvalue weighted by Crippen LogP contribution is -2.51. The smallest absolute Gasteiger partial charge is 0.193 e. The van der Waals surface area contributed by atoms with E-state index >= 15 is 0 Å². The molecule has 0 aromatic heterocycles. The third-order valence-corrected chi connectivity index (χ3v) is 6.01. The van der Waals surface area contributed by atoms with Crippen LogP contribution in [0.25, 0.3) is 0 Å². The first-order valence-electron chi connectivity index (χ1n) is 9.25. The summed E-state index contributed by atoms with van der Waals surface area (Å²) in [7, 11) is 0. The number of hydrogen-bond donors (Lipinski definition) is 1. The number of nitrogens with zero attached hydrogens (tertiary/aromatic N) is 4. The largest absolute Gasteiger partial charge is 0.301 e. The molecule has 2 aliphatic rings. The van der Waals surface area contributed by atoms with Gasteiger partial charge in [0, 0.05) is 31.0 Å². The van der Waals surface area contributed by atoms with Gasteiger partial charge < -0.3 is 5.41 Å². The molecule has 1 aliphatic carbocycles. The Morgan fingerprint density at radius 3 is 2.30 bits per heavy atom. The van der Waals surface area contributed by atoms with Gasteiger partial charge in [0.1, 0.15) is 6.07 Å². The Labute approximate surface area is 160 Å². The van der Waals surface area contributed by atoms with Crippen LogP contribution in [0.3, 0.4) is 0 Å². The number of aryl methyl sites for hydroxylation is 1. The van der Waals surface area contributed by atoms with Crippen LogP contribution in [0.2, 0.25) is 0 Å². The lowest BCUT2D eigenvalue weighted by Gasteiger charge is -2.47. The number of allylic oxidation sites excluding steroid dienone is 1. The SMILES string of the molecule is Cc1ccc(C2C3CN(C(C)C)CCC3=C(C#N)C(=N)C2(C#N)C#N)cc1. The van der Waals surface area contributed by atoms with E-state index in [2.05, 4.69) is 37.0 Å². The Balaban J connectivity index is 2.25. The van der Waals surface area contributed by atoms with Gasteiger partial charge in [-0.3, -0.25) is 4.90 Å². The highest BCUT2D eigenvalue weighted by atomic mass is 15.2. The van der Waals surface area contributed by atoms with Gasteiger partial charge in [-0.2, -0.15) is 15.8 Å². The number of benzene rings is 1. The summed E-state index contributed by atoms with van der Waals surface area (Å²) in [4.78, 5) is 2.33. The normalized spacial score (nSPS) is 24.7. The number of rotatable bonds is 2.